The Morgan fingerprint density at radius 2 is 0.920 bits per heavy atom. The average molecular weight is 443 g/mol. The molecule has 0 fully saturated rings. The lowest BCUT2D eigenvalue weighted by Crippen LogP contribution is -3.00. The number of rotatable bonds is 7. The van der Waals surface area contributed by atoms with Crippen LogP contribution in [0.15, 0.2) is 91.0 Å². The molecule has 3 rings (SSSR count). The topological polar surface area (TPSA) is 0 Å². The molecule has 0 amide bonds. The number of hydrogen-bond donors (Lipinski definition) is 0. The van der Waals surface area contributed by atoms with Crippen LogP contribution in [0, 0.1) is 0 Å². The number of unbranched alkanes of at least 4 members (excludes halogenated alkanes) is 2. The average Bonchev–Trinajstić information content (AvgIpc) is 2.68. The van der Waals surface area contributed by atoms with Gasteiger partial charge in [-0.1, -0.05) is 67.9 Å². The van der Waals surface area contributed by atoms with Crippen molar-refractivity contribution >= 4 is 17.1 Å². The molecule has 1 nitrogen and oxygen atoms in total. The van der Waals surface area contributed by atoms with Crippen molar-refractivity contribution in [1.29, 1.82) is 0 Å². The second kappa shape index (κ2) is 9.73. The standard InChI is InChI=1S/C23H26N.HI/c1-2-3-13-20-24(21-14-7-4-8-15-21,22-16-9-5-10-17-22)23-18-11-6-12-19-23;/h4-12,14-19H,2-3,13,20H2,1H3;1H/q+1;/p-1. The number of benzene rings is 3. The highest BCUT2D eigenvalue weighted by Crippen LogP contribution is 2.43. The van der Waals surface area contributed by atoms with E-state index in [0.717, 1.165) is 11.0 Å². The highest BCUT2D eigenvalue weighted by atomic mass is 127. The number of quaternary nitrogens is 1. The van der Waals surface area contributed by atoms with E-state index in [1.165, 1.54) is 36.3 Å². The van der Waals surface area contributed by atoms with Crippen molar-refractivity contribution < 1.29 is 24.0 Å². The summed E-state index contributed by atoms with van der Waals surface area (Å²) in [4.78, 5) is 0. The van der Waals surface area contributed by atoms with Gasteiger partial charge in [-0.15, -0.1) is 0 Å². The Labute approximate surface area is 168 Å². The number of halogens is 1. The molecule has 2 heteroatoms. The van der Waals surface area contributed by atoms with Crippen LogP contribution in [-0.4, -0.2) is 6.54 Å². The van der Waals surface area contributed by atoms with Crippen molar-refractivity contribution in [3.63, 3.8) is 0 Å². The van der Waals surface area contributed by atoms with Crippen LogP contribution in [0.5, 0.6) is 0 Å². The molecule has 0 N–H and O–H groups in total. The largest absolute Gasteiger partial charge is 1.00 e. The minimum Gasteiger partial charge on any atom is -1.00 e. The molecule has 0 spiro atoms. The van der Waals surface area contributed by atoms with Crippen LogP contribution in [0.4, 0.5) is 17.1 Å². The molecule has 0 heterocycles. The maximum absolute atomic E-state index is 2.27. The van der Waals surface area contributed by atoms with E-state index in [-0.39, 0.29) is 24.0 Å². The summed E-state index contributed by atoms with van der Waals surface area (Å²) < 4.78 is 0.780. The molecule has 0 unspecified atom stereocenters. The molecule has 0 atom stereocenters. The highest BCUT2D eigenvalue weighted by Gasteiger charge is 2.35. The Morgan fingerprint density at radius 3 is 1.24 bits per heavy atom. The predicted octanol–water partition coefficient (Wildman–Crippen LogP) is 3.85. The molecule has 0 aliphatic rings. The summed E-state index contributed by atoms with van der Waals surface area (Å²) in [7, 11) is 0. The normalized spacial score (nSPS) is 10.9. The van der Waals surface area contributed by atoms with Gasteiger partial charge in [0.1, 0.15) is 17.1 Å². The number of hydrogen-bond acceptors (Lipinski definition) is 0. The molecule has 130 valence electrons. The SMILES string of the molecule is CCCCC[N+](c1ccccc1)(c1ccccc1)c1ccccc1.[I-]. The molecule has 0 saturated carbocycles. The number of para-hydroxylation sites is 3. The maximum atomic E-state index is 2.27. The Bertz CT molecular complexity index is 629. The minimum absolute atomic E-state index is 0. The summed E-state index contributed by atoms with van der Waals surface area (Å²) in [5, 5.41) is 0. The second-order valence-electron chi connectivity index (χ2n) is 6.25. The molecule has 0 saturated heterocycles. The third-order valence-electron chi connectivity index (χ3n) is 4.69. The van der Waals surface area contributed by atoms with Crippen LogP contribution in [0.3, 0.4) is 0 Å². The van der Waals surface area contributed by atoms with Crippen molar-refractivity contribution in [3.8, 4) is 0 Å². The van der Waals surface area contributed by atoms with E-state index in [9.17, 15) is 0 Å². The van der Waals surface area contributed by atoms with Crippen molar-refractivity contribution in [2.75, 3.05) is 6.54 Å². The van der Waals surface area contributed by atoms with Gasteiger partial charge < -0.3 is 24.0 Å². The van der Waals surface area contributed by atoms with Crippen molar-refractivity contribution in [2.24, 2.45) is 0 Å². The van der Waals surface area contributed by atoms with Gasteiger partial charge in [0.15, 0.2) is 0 Å². The van der Waals surface area contributed by atoms with E-state index in [4.69, 9.17) is 0 Å². The Kier molecular flexibility index (Phi) is 7.66. The van der Waals surface area contributed by atoms with Crippen LogP contribution < -0.4 is 28.5 Å². The van der Waals surface area contributed by atoms with Gasteiger partial charge in [-0.05, 0) is 49.2 Å². The van der Waals surface area contributed by atoms with Gasteiger partial charge in [-0.3, -0.25) is 0 Å². The van der Waals surface area contributed by atoms with Crippen molar-refractivity contribution in [3.05, 3.63) is 91.0 Å². The second-order valence-corrected chi connectivity index (χ2v) is 6.25. The van der Waals surface area contributed by atoms with E-state index >= 15 is 0 Å². The van der Waals surface area contributed by atoms with Gasteiger partial charge in [0.2, 0.25) is 0 Å². The minimum atomic E-state index is 0. The first-order chi connectivity index (χ1) is 11.9. The van der Waals surface area contributed by atoms with E-state index in [1.54, 1.807) is 0 Å². The fourth-order valence-corrected chi connectivity index (χ4v) is 3.48. The van der Waals surface area contributed by atoms with Gasteiger partial charge >= 0.3 is 0 Å². The molecule has 25 heavy (non-hydrogen) atoms. The zero-order chi connectivity index (χ0) is 16.7. The summed E-state index contributed by atoms with van der Waals surface area (Å²) in [5.74, 6) is 0. The summed E-state index contributed by atoms with van der Waals surface area (Å²) in [6.45, 7) is 3.34. The highest BCUT2D eigenvalue weighted by molar-refractivity contribution is 5.70. The maximum Gasteiger partial charge on any atom is 0.143 e. The van der Waals surface area contributed by atoms with E-state index in [0.29, 0.717) is 0 Å². The van der Waals surface area contributed by atoms with Crippen LogP contribution in [0.1, 0.15) is 26.2 Å². The zero-order valence-corrected chi connectivity index (χ0v) is 17.0. The van der Waals surface area contributed by atoms with Crippen molar-refractivity contribution in [1.82, 2.24) is 4.48 Å². The van der Waals surface area contributed by atoms with Gasteiger partial charge in [0.25, 0.3) is 0 Å². The van der Waals surface area contributed by atoms with Gasteiger partial charge in [0, 0.05) is 0 Å². The fraction of sp³-hybridized carbons (Fsp3) is 0.217. The molecule has 0 radical (unpaired) electrons. The summed E-state index contributed by atoms with van der Waals surface area (Å²) in [6.07, 6.45) is 3.69. The van der Waals surface area contributed by atoms with E-state index < -0.39 is 0 Å². The third-order valence-corrected chi connectivity index (χ3v) is 4.69. The quantitative estimate of drug-likeness (QED) is 0.296. The molecule has 3 aromatic carbocycles. The van der Waals surface area contributed by atoms with Gasteiger partial charge in [-0.25, -0.2) is 4.48 Å². The molecule has 0 aliphatic carbocycles. The molecule has 0 aliphatic heterocycles. The van der Waals surface area contributed by atoms with E-state index in [1.807, 2.05) is 0 Å². The zero-order valence-electron chi connectivity index (χ0n) is 14.8. The van der Waals surface area contributed by atoms with Crippen LogP contribution in [0.25, 0.3) is 0 Å². The number of nitrogens with zero attached hydrogens (tertiary/aromatic N) is 1. The molecule has 3 aromatic rings. The van der Waals surface area contributed by atoms with Gasteiger partial charge in [0.05, 0.1) is 6.54 Å². The Balaban J connectivity index is 0.00000225. The molecular formula is C23H26IN. The smallest absolute Gasteiger partial charge is 0.143 e. The Hall–Kier alpha value is -1.65. The van der Waals surface area contributed by atoms with E-state index in [2.05, 4.69) is 97.9 Å². The third kappa shape index (κ3) is 4.31. The predicted molar refractivity (Wildman–Crippen MR) is 105 cm³/mol. The first kappa shape index (κ1) is 19.7. The first-order valence-corrected chi connectivity index (χ1v) is 8.93. The lowest BCUT2D eigenvalue weighted by atomic mass is 10.1. The summed E-state index contributed by atoms with van der Waals surface area (Å²) in [5.41, 5.74) is 3.98. The lowest BCUT2D eigenvalue weighted by Gasteiger charge is -2.37. The van der Waals surface area contributed by atoms with Crippen LogP contribution >= 0.6 is 0 Å². The molecule has 0 bridgehead atoms. The molecule has 0 aromatic heterocycles. The van der Waals surface area contributed by atoms with Crippen LogP contribution in [0.2, 0.25) is 0 Å². The van der Waals surface area contributed by atoms with Crippen molar-refractivity contribution in [2.45, 2.75) is 26.2 Å². The molecular weight excluding hydrogens is 417 g/mol. The summed E-state index contributed by atoms with van der Waals surface area (Å²) >= 11 is 0. The van der Waals surface area contributed by atoms with Crippen LogP contribution in [-0.2, 0) is 0 Å². The lowest BCUT2D eigenvalue weighted by molar-refractivity contribution is -0.00000481. The summed E-state index contributed by atoms with van der Waals surface area (Å²) in [6, 6.07) is 32.7. The fourth-order valence-electron chi connectivity index (χ4n) is 3.48. The first-order valence-electron chi connectivity index (χ1n) is 8.93. The van der Waals surface area contributed by atoms with Gasteiger partial charge in [-0.2, -0.15) is 0 Å². The Morgan fingerprint density at radius 1 is 0.560 bits per heavy atom. The monoisotopic (exact) mass is 443 g/mol.